The zero-order valence-corrected chi connectivity index (χ0v) is 24.0. The van der Waals surface area contributed by atoms with E-state index in [1.807, 2.05) is 59.3 Å². The van der Waals surface area contributed by atoms with Crippen LogP contribution in [0.3, 0.4) is 0 Å². The molecule has 1 aliphatic rings. The highest BCUT2D eigenvalue weighted by atomic mass is 35.5. The number of alkyl carbamates (subject to hydrolysis) is 1. The van der Waals surface area contributed by atoms with Gasteiger partial charge < -0.3 is 20.1 Å². The molecule has 4 N–H and O–H groups in total. The second-order valence-corrected chi connectivity index (χ2v) is 11.8. The maximum absolute atomic E-state index is 12.7. The van der Waals surface area contributed by atoms with Crippen molar-refractivity contribution in [3.63, 3.8) is 0 Å². The summed E-state index contributed by atoms with van der Waals surface area (Å²) in [4.78, 5) is 41.1. The number of hydrogen-bond acceptors (Lipinski definition) is 7. The number of para-hydroxylation sites is 2. The van der Waals surface area contributed by atoms with Gasteiger partial charge in [0, 0.05) is 11.4 Å². The van der Waals surface area contributed by atoms with Crippen molar-refractivity contribution in [2.45, 2.75) is 36.9 Å². The predicted molar refractivity (Wildman–Crippen MR) is 152 cm³/mol. The lowest BCUT2D eigenvalue weighted by Crippen LogP contribution is -2.31. The number of nitrogens with one attached hydrogen (secondary N) is 3. The van der Waals surface area contributed by atoms with E-state index in [4.69, 9.17) is 26.2 Å². The van der Waals surface area contributed by atoms with Crippen LogP contribution in [0.5, 0.6) is 0 Å². The number of carbonyl (C=O) groups excluding carboxylic acids is 2. The number of halogens is 4. The monoisotopic (exact) mass is 652 g/mol. The molecule has 0 radical (unpaired) electrons. The fourth-order valence-electron chi connectivity index (χ4n) is 4.28. The van der Waals surface area contributed by atoms with Crippen LogP contribution < -0.4 is 10.0 Å². The molecule has 1 aromatic heterocycles. The average molecular weight is 653 g/mol. The van der Waals surface area contributed by atoms with Crippen LogP contribution >= 0.6 is 11.6 Å². The number of alkyl halides is 3. The number of carboxylic acid groups (broad SMARTS) is 1. The fraction of sp³-hybridized carbons (Fsp3) is 0.214. The maximum atomic E-state index is 12.7. The number of aromatic nitrogens is 2. The number of hydrogen-bond donors (Lipinski definition) is 4. The van der Waals surface area contributed by atoms with Crippen LogP contribution in [-0.2, 0) is 37.4 Å². The van der Waals surface area contributed by atoms with Crippen molar-refractivity contribution in [1.29, 1.82) is 0 Å². The Balaban J connectivity index is 0.000000566. The number of imidazole rings is 1. The summed E-state index contributed by atoms with van der Waals surface area (Å²) in [7, 11) is -3.82. The normalized spacial score (nSPS) is 16.4. The van der Waals surface area contributed by atoms with Crippen molar-refractivity contribution in [3.8, 4) is 0 Å². The van der Waals surface area contributed by atoms with Gasteiger partial charge in [0.05, 0.1) is 23.5 Å². The average Bonchev–Trinajstić information content (AvgIpc) is 3.51. The van der Waals surface area contributed by atoms with E-state index >= 15 is 0 Å². The molecule has 4 aromatic rings. The van der Waals surface area contributed by atoms with E-state index in [9.17, 15) is 31.2 Å². The summed E-state index contributed by atoms with van der Waals surface area (Å²) in [6, 6.07) is 21.2. The first-order chi connectivity index (χ1) is 20.7. The summed E-state index contributed by atoms with van der Waals surface area (Å²) in [6.07, 6.45) is -5.58. The standard InChI is InChI=1S/C26H23ClN4O5S.C2HF3O2/c27-19-12-17(10-11-18(19)23-14-24(32)31-37(23,34)35)13-22(25-28-20-8-4-5-9-21(20)29-25)30-26(33)36-15-16-6-2-1-3-7-16;3-2(4,5)1(6)7/h1-12,22-23H,13-15H2,(H,28,29)(H,30,33)(H,31,32);(H,6,7)/t22-,23?;/m0./s1. The van der Waals surface area contributed by atoms with Crippen LogP contribution in [-0.4, -0.2) is 47.6 Å². The molecule has 1 aliphatic heterocycles. The number of benzene rings is 3. The lowest BCUT2D eigenvalue weighted by molar-refractivity contribution is -0.192. The summed E-state index contributed by atoms with van der Waals surface area (Å²) in [5, 5.41) is 9.17. The minimum atomic E-state index is -5.08. The summed E-state index contributed by atoms with van der Waals surface area (Å²) in [6.45, 7) is 0.114. The van der Waals surface area contributed by atoms with Crippen LogP contribution in [0.15, 0.2) is 72.8 Å². The second-order valence-electron chi connectivity index (χ2n) is 9.52. The van der Waals surface area contributed by atoms with Crippen molar-refractivity contribution in [3.05, 3.63) is 100 Å². The van der Waals surface area contributed by atoms with E-state index in [0.29, 0.717) is 17.8 Å². The van der Waals surface area contributed by atoms with Gasteiger partial charge in [0.1, 0.15) is 17.7 Å². The highest BCUT2D eigenvalue weighted by Gasteiger charge is 2.39. The Bertz CT molecular complexity index is 1750. The van der Waals surface area contributed by atoms with Crippen LogP contribution in [0, 0.1) is 0 Å². The van der Waals surface area contributed by atoms with Crippen LogP contribution in [0.4, 0.5) is 18.0 Å². The van der Waals surface area contributed by atoms with Crippen LogP contribution in [0.1, 0.15) is 40.2 Å². The zero-order valence-electron chi connectivity index (χ0n) is 22.5. The number of aliphatic carboxylic acids is 1. The number of fused-ring (bicyclic) bond motifs is 1. The molecule has 5 rings (SSSR count). The van der Waals surface area contributed by atoms with Gasteiger partial charge in [0.2, 0.25) is 15.9 Å². The highest BCUT2D eigenvalue weighted by Crippen LogP contribution is 2.35. The molecule has 1 saturated heterocycles. The third kappa shape index (κ3) is 8.26. The van der Waals surface area contributed by atoms with Crippen molar-refractivity contribution in [2.24, 2.45) is 0 Å². The number of rotatable bonds is 7. The molecule has 2 atom stereocenters. The molecular formula is C28H24ClF3N4O7S. The number of amides is 2. The maximum Gasteiger partial charge on any atom is 0.490 e. The van der Waals surface area contributed by atoms with Crippen molar-refractivity contribution < 1.29 is 45.8 Å². The minimum Gasteiger partial charge on any atom is -0.475 e. The molecule has 232 valence electrons. The van der Waals surface area contributed by atoms with Gasteiger partial charge in [-0.3, -0.25) is 9.52 Å². The first-order valence-corrected chi connectivity index (χ1v) is 14.7. The minimum absolute atomic E-state index is 0.114. The second kappa shape index (κ2) is 13.3. The lowest BCUT2D eigenvalue weighted by Gasteiger charge is -2.18. The Hall–Kier alpha value is -4.63. The number of carbonyl (C=O) groups is 3. The molecule has 0 spiro atoms. The molecule has 16 heteroatoms. The first-order valence-electron chi connectivity index (χ1n) is 12.8. The van der Waals surface area contributed by atoms with Gasteiger partial charge in [-0.2, -0.15) is 13.2 Å². The van der Waals surface area contributed by atoms with E-state index in [0.717, 1.165) is 22.2 Å². The summed E-state index contributed by atoms with van der Waals surface area (Å²) < 4.78 is 63.7. The van der Waals surface area contributed by atoms with E-state index in [1.54, 1.807) is 18.2 Å². The molecule has 3 aromatic carbocycles. The smallest absolute Gasteiger partial charge is 0.475 e. The number of H-pyrrole nitrogens is 1. The van der Waals surface area contributed by atoms with Gasteiger partial charge in [-0.15, -0.1) is 0 Å². The molecular weight excluding hydrogens is 629 g/mol. The highest BCUT2D eigenvalue weighted by molar-refractivity contribution is 7.90. The number of carboxylic acids is 1. The van der Waals surface area contributed by atoms with Gasteiger partial charge in [0.25, 0.3) is 0 Å². The zero-order chi connectivity index (χ0) is 32.1. The summed E-state index contributed by atoms with van der Waals surface area (Å²) in [5.74, 6) is -2.79. The van der Waals surface area contributed by atoms with Gasteiger partial charge in [0.15, 0.2) is 0 Å². The predicted octanol–water partition coefficient (Wildman–Crippen LogP) is 4.95. The molecule has 0 saturated carbocycles. The molecule has 2 amide bonds. The number of aromatic amines is 1. The number of ether oxygens (including phenoxy) is 1. The fourth-order valence-corrected chi connectivity index (χ4v) is 6.13. The Morgan fingerprint density at radius 3 is 2.32 bits per heavy atom. The SMILES string of the molecule is O=C(O)C(F)(F)F.O=C1CC(c2ccc(C[C@H](NC(=O)OCc3ccccc3)c3nc4ccccc4[nH]3)cc2Cl)S(=O)(=O)N1. The molecule has 0 aliphatic carbocycles. The lowest BCUT2D eigenvalue weighted by atomic mass is 10.0. The topological polar surface area (TPSA) is 168 Å². The van der Waals surface area contributed by atoms with E-state index in [2.05, 4.69) is 15.3 Å². The largest absolute Gasteiger partial charge is 0.490 e. The Kier molecular flexibility index (Phi) is 9.79. The summed E-state index contributed by atoms with van der Waals surface area (Å²) in [5.41, 5.74) is 3.50. The van der Waals surface area contributed by atoms with E-state index in [1.165, 1.54) is 0 Å². The van der Waals surface area contributed by atoms with E-state index in [-0.39, 0.29) is 18.1 Å². The van der Waals surface area contributed by atoms with Crippen molar-refractivity contribution in [2.75, 3.05) is 0 Å². The van der Waals surface area contributed by atoms with Gasteiger partial charge in [-0.05, 0) is 34.9 Å². The molecule has 1 fully saturated rings. The van der Waals surface area contributed by atoms with Crippen LogP contribution in [0.25, 0.3) is 11.0 Å². The third-order valence-electron chi connectivity index (χ3n) is 6.34. The first kappa shape index (κ1) is 32.3. The molecule has 1 unspecified atom stereocenters. The Morgan fingerprint density at radius 1 is 1.07 bits per heavy atom. The quantitative estimate of drug-likeness (QED) is 0.218. The van der Waals surface area contributed by atoms with E-state index < -0.39 is 45.5 Å². The molecule has 2 heterocycles. The molecule has 44 heavy (non-hydrogen) atoms. The molecule has 11 nitrogen and oxygen atoms in total. The van der Waals surface area contributed by atoms with Crippen LogP contribution in [0.2, 0.25) is 5.02 Å². The summed E-state index contributed by atoms with van der Waals surface area (Å²) >= 11 is 6.46. The van der Waals surface area contributed by atoms with Gasteiger partial charge >= 0.3 is 18.2 Å². The van der Waals surface area contributed by atoms with Crippen molar-refractivity contribution in [1.82, 2.24) is 20.0 Å². The number of nitrogens with zero attached hydrogens (tertiary/aromatic N) is 1. The van der Waals surface area contributed by atoms with Gasteiger partial charge in [-0.25, -0.2) is 23.0 Å². The van der Waals surface area contributed by atoms with Gasteiger partial charge in [-0.1, -0.05) is 66.2 Å². The molecule has 0 bridgehead atoms. The Labute approximate surface area is 253 Å². The Morgan fingerprint density at radius 2 is 1.73 bits per heavy atom. The van der Waals surface area contributed by atoms with Crippen molar-refractivity contribution >= 4 is 50.6 Å². The third-order valence-corrected chi connectivity index (χ3v) is 8.35. The number of sulfonamides is 1.